The smallest absolute Gasteiger partial charge is 0.316 e. The van der Waals surface area contributed by atoms with Gasteiger partial charge in [-0.15, -0.1) is 24.8 Å². The minimum Gasteiger partial charge on any atom is -0.460 e. The first kappa shape index (κ1) is 24.5. The van der Waals surface area contributed by atoms with Crippen LogP contribution in [0.15, 0.2) is 36.8 Å². The normalized spacial score (nSPS) is 17.3. The zero-order valence-corrected chi connectivity index (χ0v) is 17.8. The molecule has 9 heteroatoms. The number of aliphatic hydroxyl groups is 1. The summed E-state index contributed by atoms with van der Waals surface area (Å²) >= 11 is 0. The molecule has 2 aromatic heterocycles. The fraction of sp³-hybridized carbons (Fsp3) is 0.526. The van der Waals surface area contributed by atoms with Gasteiger partial charge in [0, 0.05) is 43.3 Å². The van der Waals surface area contributed by atoms with Gasteiger partial charge in [-0.05, 0) is 30.9 Å². The summed E-state index contributed by atoms with van der Waals surface area (Å²) in [6, 6.07) is 5.86. The number of ether oxygens (including phenoxy) is 1. The van der Waals surface area contributed by atoms with Crippen LogP contribution < -0.4 is 10.5 Å². The average molecular weight is 430 g/mol. The number of nitrogens with two attached hydrogens (primary N) is 1. The molecule has 1 fully saturated rings. The number of piperidine rings is 1. The van der Waals surface area contributed by atoms with E-state index < -0.39 is 6.23 Å². The van der Waals surface area contributed by atoms with Gasteiger partial charge in [-0.1, -0.05) is 19.9 Å². The van der Waals surface area contributed by atoms with Gasteiger partial charge in [0.15, 0.2) is 0 Å². The fourth-order valence-corrected chi connectivity index (χ4v) is 3.04. The van der Waals surface area contributed by atoms with Crippen molar-refractivity contribution in [3.8, 4) is 17.3 Å². The molecule has 0 aliphatic carbocycles. The molecule has 28 heavy (non-hydrogen) atoms. The molecule has 156 valence electrons. The lowest BCUT2D eigenvalue weighted by Gasteiger charge is -2.37. The molecule has 0 amide bonds. The van der Waals surface area contributed by atoms with E-state index in [1.54, 1.807) is 18.6 Å². The molecule has 1 saturated heterocycles. The van der Waals surface area contributed by atoms with E-state index in [1.807, 2.05) is 36.9 Å². The van der Waals surface area contributed by atoms with Crippen LogP contribution in [-0.4, -0.2) is 56.4 Å². The third kappa shape index (κ3) is 6.25. The number of likely N-dealkylation sites (tertiary alicyclic amines) is 1. The van der Waals surface area contributed by atoms with Gasteiger partial charge in [-0.2, -0.15) is 0 Å². The van der Waals surface area contributed by atoms with Crippen molar-refractivity contribution in [2.24, 2.45) is 11.7 Å². The van der Waals surface area contributed by atoms with Crippen LogP contribution in [0.5, 0.6) is 6.01 Å². The highest BCUT2D eigenvalue weighted by Crippen LogP contribution is 2.20. The molecule has 3 N–H and O–H groups in total. The molecule has 0 spiro atoms. The predicted octanol–water partition coefficient (Wildman–Crippen LogP) is 2.53. The molecule has 2 atom stereocenters. The molecule has 0 bridgehead atoms. The second-order valence-electron chi connectivity index (χ2n) is 7.06. The Morgan fingerprint density at radius 3 is 2.29 bits per heavy atom. The first-order chi connectivity index (χ1) is 12.5. The summed E-state index contributed by atoms with van der Waals surface area (Å²) in [4.78, 5) is 14.9. The van der Waals surface area contributed by atoms with Crippen LogP contribution in [0.1, 0.15) is 26.7 Å². The standard InChI is InChI=1S/C19H27N5O2.2ClH/c1-13(2)17(20)18(25)24-9-6-15(7-10-24)26-19-22-11-14(12-23-19)16-5-3-4-8-21-16;;/h3-5,8,11-13,15,17-18,25H,6-7,9-10,20H2,1-2H3;2*1H/t17-,18?;;/m0../s1. The molecule has 3 rings (SSSR count). The Morgan fingerprint density at radius 2 is 1.75 bits per heavy atom. The Kier molecular flexibility index (Phi) is 10.1. The molecule has 7 nitrogen and oxygen atoms in total. The van der Waals surface area contributed by atoms with Gasteiger partial charge >= 0.3 is 6.01 Å². The number of aliphatic hydroxyl groups excluding tert-OH is 1. The Bertz CT molecular complexity index is 682. The average Bonchev–Trinajstić information content (AvgIpc) is 2.68. The lowest BCUT2D eigenvalue weighted by molar-refractivity contribution is -0.0510. The molecular weight excluding hydrogens is 401 g/mol. The summed E-state index contributed by atoms with van der Waals surface area (Å²) in [5.74, 6) is 0.241. The van der Waals surface area contributed by atoms with Crippen LogP contribution in [0.3, 0.4) is 0 Å². The van der Waals surface area contributed by atoms with Gasteiger partial charge in [0.1, 0.15) is 12.3 Å². The minimum atomic E-state index is -0.607. The fourth-order valence-electron chi connectivity index (χ4n) is 3.04. The lowest BCUT2D eigenvalue weighted by Crippen LogP contribution is -2.53. The van der Waals surface area contributed by atoms with Gasteiger partial charge in [-0.3, -0.25) is 9.88 Å². The van der Waals surface area contributed by atoms with E-state index >= 15 is 0 Å². The van der Waals surface area contributed by atoms with Gasteiger partial charge in [0.25, 0.3) is 0 Å². The van der Waals surface area contributed by atoms with Crippen LogP contribution in [0.2, 0.25) is 0 Å². The Morgan fingerprint density at radius 1 is 1.11 bits per heavy atom. The highest BCUT2D eigenvalue weighted by molar-refractivity contribution is 5.85. The largest absolute Gasteiger partial charge is 0.460 e. The third-order valence-electron chi connectivity index (χ3n) is 4.83. The predicted molar refractivity (Wildman–Crippen MR) is 114 cm³/mol. The van der Waals surface area contributed by atoms with Crippen molar-refractivity contribution in [3.05, 3.63) is 36.8 Å². The highest BCUT2D eigenvalue weighted by Gasteiger charge is 2.29. The van der Waals surface area contributed by atoms with E-state index in [0.717, 1.165) is 37.2 Å². The highest BCUT2D eigenvalue weighted by atomic mass is 35.5. The summed E-state index contributed by atoms with van der Waals surface area (Å²) < 4.78 is 5.90. The molecule has 1 aliphatic heterocycles. The van der Waals surface area contributed by atoms with E-state index in [1.165, 1.54) is 0 Å². The second kappa shape index (κ2) is 11.5. The van der Waals surface area contributed by atoms with Crippen LogP contribution >= 0.6 is 24.8 Å². The quantitative estimate of drug-likeness (QED) is 0.727. The maximum absolute atomic E-state index is 10.4. The first-order valence-corrected chi connectivity index (χ1v) is 9.12. The first-order valence-electron chi connectivity index (χ1n) is 9.12. The van der Waals surface area contributed by atoms with E-state index in [2.05, 4.69) is 15.0 Å². The van der Waals surface area contributed by atoms with E-state index in [9.17, 15) is 5.11 Å². The van der Waals surface area contributed by atoms with Crippen molar-refractivity contribution in [1.82, 2.24) is 19.9 Å². The van der Waals surface area contributed by atoms with Crippen molar-refractivity contribution < 1.29 is 9.84 Å². The maximum atomic E-state index is 10.4. The summed E-state index contributed by atoms with van der Waals surface area (Å²) in [7, 11) is 0. The van der Waals surface area contributed by atoms with E-state index in [-0.39, 0.29) is 42.9 Å². The van der Waals surface area contributed by atoms with Crippen molar-refractivity contribution in [2.75, 3.05) is 13.1 Å². The van der Waals surface area contributed by atoms with Crippen molar-refractivity contribution in [3.63, 3.8) is 0 Å². The van der Waals surface area contributed by atoms with Gasteiger partial charge in [0.2, 0.25) is 0 Å². The number of rotatable bonds is 6. The lowest BCUT2D eigenvalue weighted by atomic mass is 10.0. The Balaban J connectivity index is 0.00000196. The molecule has 1 aliphatic rings. The molecule has 2 aromatic rings. The number of pyridine rings is 1. The SMILES string of the molecule is CC(C)[C@H](N)C(O)N1CCC(Oc2ncc(-c3ccccn3)cn2)CC1.Cl.Cl. The Hall–Kier alpha value is -1.51. The monoisotopic (exact) mass is 429 g/mol. The molecule has 1 unspecified atom stereocenters. The van der Waals surface area contributed by atoms with Crippen LogP contribution in [-0.2, 0) is 0 Å². The minimum absolute atomic E-state index is 0. The number of halogens is 2. The molecule has 0 radical (unpaired) electrons. The van der Waals surface area contributed by atoms with Gasteiger partial charge in [0.05, 0.1) is 5.69 Å². The zero-order chi connectivity index (χ0) is 18.5. The zero-order valence-electron chi connectivity index (χ0n) is 16.1. The van der Waals surface area contributed by atoms with Crippen molar-refractivity contribution in [1.29, 1.82) is 0 Å². The summed E-state index contributed by atoms with van der Waals surface area (Å²) in [6.07, 6.45) is 6.27. The van der Waals surface area contributed by atoms with Crippen molar-refractivity contribution >= 4 is 24.8 Å². The topological polar surface area (TPSA) is 97.4 Å². The van der Waals surface area contributed by atoms with Crippen LogP contribution in [0.25, 0.3) is 11.3 Å². The summed E-state index contributed by atoms with van der Waals surface area (Å²) in [5, 5.41) is 10.4. The van der Waals surface area contributed by atoms with E-state index in [4.69, 9.17) is 10.5 Å². The van der Waals surface area contributed by atoms with Crippen LogP contribution in [0, 0.1) is 5.92 Å². The molecule has 0 aromatic carbocycles. The maximum Gasteiger partial charge on any atom is 0.316 e. The number of nitrogens with zero attached hydrogens (tertiary/aromatic N) is 4. The second-order valence-corrected chi connectivity index (χ2v) is 7.06. The summed E-state index contributed by atoms with van der Waals surface area (Å²) in [5.41, 5.74) is 7.76. The van der Waals surface area contributed by atoms with E-state index in [0.29, 0.717) is 6.01 Å². The number of aromatic nitrogens is 3. The molecular formula is C19H29Cl2N5O2. The Labute approximate surface area is 178 Å². The van der Waals surface area contributed by atoms with Gasteiger partial charge < -0.3 is 15.6 Å². The van der Waals surface area contributed by atoms with Crippen molar-refractivity contribution in [2.45, 2.75) is 45.1 Å². The van der Waals surface area contributed by atoms with Gasteiger partial charge in [-0.25, -0.2) is 9.97 Å². The third-order valence-corrected chi connectivity index (χ3v) is 4.83. The summed E-state index contributed by atoms with van der Waals surface area (Å²) in [6.45, 7) is 5.54. The van der Waals surface area contributed by atoms with Crippen LogP contribution in [0.4, 0.5) is 0 Å². The molecule has 3 heterocycles. The number of hydrogen-bond donors (Lipinski definition) is 2. The number of hydrogen-bond acceptors (Lipinski definition) is 7. The molecule has 0 saturated carbocycles.